The van der Waals surface area contributed by atoms with Gasteiger partial charge in [-0.25, -0.2) is 0 Å². The average Bonchev–Trinajstić information content (AvgIpc) is 2.98. The number of hydrogen-bond acceptors (Lipinski definition) is 3. The highest BCUT2D eigenvalue weighted by atomic mass is 16.5. The molecule has 0 spiro atoms. The minimum absolute atomic E-state index is 0.219. The molecular weight excluding hydrogens is 262 g/mol. The number of benzene rings is 1. The summed E-state index contributed by atoms with van der Waals surface area (Å²) in [6, 6.07) is 10.7. The molecule has 0 amide bonds. The lowest BCUT2D eigenvalue weighted by Gasteiger charge is -2.25. The summed E-state index contributed by atoms with van der Waals surface area (Å²) in [4.78, 5) is 0. The van der Waals surface area contributed by atoms with E-state index in [-0.39, 0.29) is 6.10 Å². The fourth-order valence-electron chi connectivity index (χ4n) is 2.96. The van der Waals surface area contributed by atoms with Crippen LogP contribution in [-0.2, 0) is 24.3 Å². The van der Waals surface area contributed by atoms with E-state index >= 15 is 0 Å². The van der Waals surface area contributed by atoms with Gasteiger partial charge in [0.1, 0.15) is 5.76 Å². The third-order valence-electron chi connectivity index (χ3n) is 4.13. The first-order valence-corrected chi connectivity index (χ1v) is 7.84. The van der Waals surface area contributed by atoms with E-state index in [9.17, 15) is 0 Å². The Morgan fingerprint density at radius 1 is 1.29 bits per heavy atom. The molecule has 1 atom stereocenters. The molecule has 0 aliphatic heterocycles. The largest absolute Gasteiger partial charge is 0.468 e. The van der Waals surface area contributed by atoms with Gasteiger partial charge in [0.05, 0.1) is 25.5 Å². The summed E-state index contributed by atoms with van der Waals surface area (Å²) >= 11 is 0. The van der Waals surface area contributed by atoms with Crippen molar-refractivity contribution in [2.75, 3.05) is 6.54 Å². The van der Waals surface area contributed by atoms with Gasteiger partial charge in [0.2, 0.25) is 0 Å². The number of fused-ring (bicyclic) bond motifs is 1. The molecule has 0 bridgehead atoms. The minimum atomic E-state index is 0.219. The Balaban J connectivity index is 1.65. The zero-order valence-electron chi connectivity index (χ0n) is 12.6. The number of aryl methyl sites for hydroxylation is 1. The van der Waals surface area contributed by atoms with Gasteiger partial charge < -0.3 is 14.5 Å². The predicted molar refractivity (Wildman–Crippen MR) is 83.0 cm³/mol. The van der Waals surface area contributed by atoms with Gasteiger partial charge in [-0.1, -0.05) is 31.2 Å². The van der Waals surface area contributed by atoms with Gasteiger partial charge in [0, 0.05) is 5.56 Å². The van der Waals surface area contributed by atoms with E-state index < -0.39 is 0 Å². The fourth-order valence-corrected chi connectivity index (χ4v) is 2.96. The number of hydrogen-bond donors (Lipinski definition) is 1. The first kappa shape index (κ1) is 14.4. The molecule has 2 aromatic rings. The zero-order chi connectivity index (χ0) is 14.5. The van der Waals surface area contributed by atoms with Gasteiger partial charge >= 0.3 is 0 Å². The lowest BCUT2D eigenvalue weighted by atomic mass is 9.89. The maximum Gasteiger partial charge on any atom is 0.123 e. The van der Waals surface area contributed by atoms with Crippen LogP contribution in [0.1, 0.15) is 48.3 Å². The summed E-state index contributed by atoms with van der Waals surface area (Å²) in [7, 11) is 0. The highest BCUT2D eigenvalue weighted by Gasteiger charge is 2.20. The summed E-state index contributed by atoms with van der Waals surface area (Å²) < 4.78 is 11.7. The summed E-state index contributed by atoms with van der Waals surface area (Å²) in [6.45, 7) is 4.43. The molecule has 21 heavy (non-hydrogen) atoms. The smallest absolute Gasteiger partial charge is 0.123 e. The molecule has 112 valence electrons. The quantitative estimate of drug-likeness (QED) is 0.871. The van der Waals surface area contributed by atoms with Crippen molar-refractivity contribution >= 4 is 0 Å². The molecule has 3 nitrogen and oxygen atoms in total. The second-order valence-corrected chi connectivity index (χ2v) is 5.54. The van der Waals surface area contributed by atoms with E-state index in [4.69, 9.17) is 9.15 Å². The van der Waals surface area contributed by atoms with Gasteiger partial charge in [-0.15, -0.1) is 0 Å². The Kier molecular flexibility index (Phi) is 4.73. The molecule has 1 heterocycles. The van der Waals surface area contributed by atoms with Crippen LogP contribution < -0.4 is 5.32 Å². The molecule has 0 saturated carbocycles. The van der Waals surface area contributed by atoms with Crippen molar-refractivity contribution in [1.82, 2.24) is 5.32 Å². The molecule has 1 aliphatic rings. The van der Waals surface area contributed by atoms with Crippen LogP contribution in [0.5, 0.6) is 0 Å². The monoisotopic (exact) mass is 285 g/mol. The summed E-state index contributed by atoms with van der Waals surface area (Å²) in [5.74, 6) is 0.987. The van der Waals surface area contributed by atoms with Gasteiger partial charge in [0.25, 0.3) is 0 Å². The lowest BCUT2D eigenvalue weighted by molar-refractivity contribution is 0.0275. The molecule has 3 heteroatoms. The van der Waals surface area contributed by atoms with Gasteiger partial charge in [0.15, 0.2) is 0 Å². The fraction of sp³-hybridized carbons (Fsp3) is 0.444. The highest BCUT2D eigenvalue weighted by Crippen LogP contribution is 2.33. The van der Waals surface area contributed by atoms with E-state index in [2.05, 4.69) is 36.5 Å². The average molecular weight is 285 g/mol. The molecule has 0 radical (unpaired) electrons. The molecule has 3 rings (SSSR count). The molecule has 1 unspecified atom stereocenters. The van der Waals surface area contributed by atoms with Crippen LogP contribution in [0.15, 0.2) is 41.0 Å². The number of ether oxygens (including phenoxy) is 1. The second-order valence-electron chi connectivity index (χ2n) is 5.54. The maximum absolute atomic E-state index is 6.19. The van der Waals surface area contributed by atoms with Gasteiger partial charge in [-0.2, -0.15) is 0 Å². The maximum atomic E-state index is 6.19. The van der Waals surface area contributed by atoms with Crippen molar-refractivity contribution in [3.05, 3.63) is 59.0 Å². The molecular formula is C18H23NO2. The van der Waals surface area contributed by atoms with Gasteiger partial charge in [-0.3, -0.25) is 0 Å². The lowest BCUT2D eigenvalue weighted by Crippen LogP contribution is -2.14. The normalized spacial score (nSPS) is 17.7. The van der Waals surface area contributed by atoms with E-state index in [1.165, 1.54) is 24.0 Å². The summed E-state index contributed by atoms with van der Waals surface area (Å²) in [6.07, 6.45) is 5.46. The number of furan rings is 1. The first-order valence-electron chi connectivity index (χ1n) is 7.84. The van der Waals surface area contributed by atoms with Crippen LogP contribution in [0, 0.1) is 0 Å². The Morgan fingerprint density at radius 3 is 3.10 bits per heavy atom. The molecule has 0 fully saturated rings. The molecule has 1 aliphatic carbocycles. The van der Waals surface area contributed by atoms with Crippen LogP contribution in [0.25, 0.3) is 0 Å². The molecule has 1 N–H and O–H groups in total. The molecule has 1 aromatic carbocycles. The second kappa shape index (κ2) is 6.92. The Hall–Kier alpha value is -1.58. The van der Waals surface area contributed by atoms with Crippen LogP contribution in [-0.4, -0.2) is 6.54 Å². The SMILES string of the molecule is CCNCc1occc1COC1CCCc2ccccc21. The van der Waals surface area contributed by atoms with Crippen LogP contribution >= 0.6 is 0 Å². The van der Waals surface area contributed by atoms with Crippen molar-refractivity contribution in [3.63, 3.8) is 0 Å². The zero-order valence-corrected chi connectivity index (χ0v) is 12.6. The van der Waals surface area contributed by atoms with E-state index in [1.807, 2.05) is 6.07 Å². The predicted octanol–water partition coefficient (Wildman–Crippen LogP) is 3.98. The van der Waals surface area contributed by atoms with Crippen LogP contribution in [0.2, 0.25) is 0 Å². The van der Waals surface area contributed by atoms with E-state index in [0.29, 0.717) is 6.61 Å². The van der Waals surface area contributed by atoms with Crippen LogP contribution in [0.4, 0.5) is 0 Å². The number of rotatable bonds is 6. The van der Waals surface area contributed by atoms with E-state index in [0.717, 1.165) is 30.8 Å². The van der Waals surface area contributed by atoms with Crippen molar-refractivity contribution < 1.29 is 9.15 Å². The van der Waals surface area contributed by atoms with Crippen LogP contribution in [0.3, 0.4) is 0 Å². The number of nitrogens with one attached hydrogen (secondary N) is 1. The Labute approximate surface area is 126 Å². The van der Waals surface area contributed by atoms with Crippen molar-refractivity contribution in [1.29, 1.82) is 0 Å². The van der Waals surface area contributed by atoms with Crippen molar-refractivity contribution in [2.24, 2.45) is 0 Å². The Bertz CT molecular complexity index is 576. The minimum Gasteiger partial charge on any atom is -0.468 e. The Morgan fingerprint density at radius 2 is 2.19 bits per heavy atom. The molecule has 1 aromatic heterocycles. The topological polar surface area (TPSA) is 34.4 Å². The third-order valence-corrected chi connectivity index (χ3v) is 4.13. The standard InChI is InChI=1S/C18H23NO2/c1-2-19-12-18-15(10-11-20-18)13-21-17-9-5-7-14-6-3-4-8-16(14)17/h3-4,6,8,10-11,17,19H,2,5,7,9,12-13H2,1H3. The molecule has 0 saturated heterocycles. The first-order chi connectivity index (χ1) is 10.4. The van der Waals surface area contributed by atoms with Gasteiger partial charge in [-0.05, 0) is 43.0 Å². The summed E-state index contributed by atoms with van der Waals surface area (Å²) in [5.41, 5.74) is 3.95. The third kappa shape index (κ3) is 3.36. The van der Waals surface area contributed by atoms with Crippen molar-refractivity contribution in [3.8, 4) is 0 Å². The van der Waals surface area contributed by atoms with E-state index in [1.54, 1.807) is 6.26 Å². The summed E-state index contributed by atoms with van der Waals surface area (Å²) in [5, 5.41) is 3.30. The highest BCUT2D eigenvalue weighted by molar-refractivity contribution is 5.31. The van der Waals surface area contributed by atoms with Crippen molar-refractivity contribution in [2.45, 2.75) is 45.4 Å².